The Hall–Kier alpha value is -1.07. The van der Waals surface area contributed by atoms with Gasteiger partial charge in [-0.2, -0.15) is 0 Å². The molecule has 4 nitrogen and oxygen atoms in total. The molecule has 1 amide bonds. The van der Waals surface area contributed by atoms with Crippen LogP contribution in [0.1, 0.15) is 38.3 Å². The van der Waals surface area contributed by atoms with E-state index in [0.29, 0.717) is 0 Å². The predicted molar refractivity (Wildman–Crippen MR) is 91.9 cm³/mol. The van der Waals surface area contributed by atoms with E-state index in [1.54, 1.807) is 0 Å². The first-order valence-electron chi connectivity index (χ1n) is 7.70. The number of rotatable bonds is 3. The van der Waals surface area contributed by atoms with Crippen molar-refractivity contribution in [3.8, 4) is 0 Å². The van der Waals surface area contributed by atoms with Crippen LogP contribution in [0.3, 0.4) is 0 Å². The Morgan fingerprint density at radius 1 is 1.45 bits per heavy atom. The van der Waals surface area contributed by atoms with Crippen LogP contribution in [0.25, 0.3) is 0 Å². The van der Waals surface area contributed by atoms with Crippen LogP contribution in [0.4, 0.5) is 4.79 Å². The molecule has 2 rings (SSSR count). The quantitative estimate of drug-likeness (QED) is 0.880. The van der Waals surface area contributed by atoms with Crippen LogP contribution in [0.15, 0.2) is 22.7 Å². The summed E-state index contributed by atoms with van der Waals surface area (Å²) >= 11 is 3.61. The number of hydrogen-bond acceptors (Lipinski definition) is 3. The lowest BCUT2D eigenvalue weighted by molar-refractivity contribution is 0.0506. The first-order valence-corrected chi connectivity index (χ1v) is 8.49. The van der Waals surface area contributed by atoms with Gasteiger partial charge in [0.1, 0.15) is 5.60 Å². The predicted octanol–water partition coefficient (Wildman–Crippen LogP) is 3.86. The summed E-state index contributed by atoms with van der Waals surface area (Å²) in [5, 5.41) is 2.96. The monoisotopic (exact) mass is 368 g/mol. The van der Waals surface area contributed by atoms with Crippen LogP contribution < -0.4 is 5.32 Å². The molecular formula is C17H25BrN2O2. The molecule has 0 aliphatic carbocycles. The molecule has 1 N–H and O–H groups in total. The summed E-state index contributed by atoms with van der Waals surface area (Å²) in [6, 6.07) is 6.57. The zero-order valence-corrected chi connectivity index (χ0v) is 15.4. The minimum absolute atomic E-state index is 0.165. The molecule has 0 saturated carbocycles. The normalized spacial score (nSPS) is 19.2. The fourth-order valence-electron chi connectivity index (χ4n) is 2.63. The van der Waals surface area contributed by atoms with Crippen molar-refractivity contribution in [2.45, 2.75) is 52.3 Å². The molecule has 0 bridgehead atoms. The Morgan fingerprint density at radius 3 is 2.86 bits per heavy atom. The summed E-state index contributed by atoms with van der Waals surface area (Å²) in [5.74, 6) is 0. The van der Waals surface area contributed by atoms with E-state index in [0.717, 1.165) is 30.5 Å². The van der Waals surface area contributed by atoms with Gasteiger partial charge in [0.15, 0.2) is 0 Å². The van der Waals surface area contributed by atoms with E-state index < -0.39 is 5.60 Å². The molecule has 1 unspecified atom stereocenters. The summed E-state index contributed by atoms with van der Waals surface area (Å²) in [6.45, 7) is 10.5. The van der Waals surface area contributed by atoms with Gasteiger partial charge in [-0.05, 0) is 45.7 Å². The summed E-state index contributed by atoms with van der Waals surface area (Å²) in [5.41, 5.74) is 2.10. The molecule has 22 heavy (non-hydrogen) atoms. The number of hydrogen-bond donors (Lipinski definition) is 1. The summed E-state index contributed by atoms with van der Waals surface area (Å²) in [4.78, 5) is 14.2. The number of nitrogens with one attached hydrogen (secondary N) is 1. The zero-order chi connectivity index (χ0) is 16.3. The van der Waals surface area contributed by atoms with Crippen LogP contribution in [-0.4, -0.2) is 35.7 Å². The van der Waals surface area contributed by atoms with Gasteiger partial charge in [-0.1, -0.05) is 33.6 Å². The Morgan fingerprint density at radius 2 is 2.18 bits per heavy atom. The smallest absolute Gasteiger partial charge is 0.407 e. The molecule has 5 heteroatoms. The number of carbonyl (C=O) groups is 1. The maximum atomic E-state index is 11.8. The van der Waals surface area contributed by atoms with Gasteiger partial charge in [-0.15, -0.1) is 0 Å². The van der Waals surface area contributed by atoms with E-state index in [-0.39, 0.29) is 12.1 Å². The van der Waals surface area contributed by atoms with E-state index in [1.165, 1.54) is 11.1 Å². The first-order chi connectivity index (χ1) is 10.2. The summed E-state index contributed by atoms with van der Waals surface area (Å²) in [7, 11) is 0. The second kappa shape index (κ2) is 7.01. The van der Waals surface area contributed by atoms with Gasteiger partial charge < -0.3 is 10.1 Å². The largest absolute Gasteiger partial charge is 0.444 e. The maximum absolute atomic E-state index is 11.8. The number of aryl methyl sites for hydroxylation is 1. The van der Waals surface area contributed by atoms with Gasteiger partial charge >= 0.3 is 6.09 Å². The van der Waals surface area contributed by atoms with Crippen molar-refractivity contribution in [1.82, 2.24) is 10.2 Å². The standard InChI is InChI=1S/C17H25BrN2O2/c1-12-5-6-15(18)13(9-12)10-20-8-7-14(11-20)19-16(21)22-17(2,3)4/h5-6,9,14H,7-8,10-11H2,1-4H3,(H,19,21). The maximum Gasteiger partial charge on any atom is 0.407 e. The van der Waals surface area contributed by atoms with Crippen molar-refractivity contribution in [3.63, 3.8) is 0 Å². The minimum atomic E-state index is -0.450. The lowest BCUT2D eigenvalue weighted by Gasteiger charge is -2.22. The highest BCUT2D eigenvalue weighted by Crippen LogP contribution is 2.22. The van der Waals surface area contributed by atoms with Gasteiger partial charge in [-0.25, -0.2) is 4.79 Å². The van der Waals surface area contributed by atoms with Gasteiger partial charge in [0, 0.05) is 30.1 Å². The SMILES string of the molecule is Cc1ccc(Br)c(CN2CCC(NC(=O)OC(C)(C)C)C2)c1. The number of carbonyl (C=O) groups excluding carboxylic acids is 1. The van der Waals surface area contributed by atoms with Crippen molar-refractivity contribution in [1.29, 1.82) is 0 Å². The average Bonchev–Trinajstić information content (AvgIpc) is 2.78. The minimum Gasteiger partial charge on any atom is -0.444 e. The fraction of sp³-hybridized carbons (Fsp3) is 0.588. The molecule has 1 aliphatic heterocycles. The Bertz CT molecular complexity index is 540. The van der Waals surface area contributed by atoms with Crippen LogP contribution in [0.2, 0.25) is 0 Å². The van der Waals surface area contributed by atoms with Crippen molar-refractivity contribution in [2.24, 2.45) is 0 Å². The lowest BCUT2D eigenvalue weighted by atomic mass is 10.1. The molecule has 1 aromatic carbocycles. The average molecular weight is 369 g/mol. The number of amides is 1. The summed E-state index contributed by atoms with van der Waals surface area (Å²) < 4.78 is 6.45. The first kappa shape index (κ1) is 17.3. The van der Waals surface area contributed by atoms with Crippen LogP contribution in [-0.2, 0) is 11.3 Å². The van der Waals surface area contributed by atoms with Crippen LogP contribution in [0, 0.1) is 6.92 Å². The molecule has 0 radical (unpaired) electrons. The Kier molecular flexibility index (Phi) is 5.50. The fourth-order valence-corrected chi connectivity index (χ4v) is 3.01. The number of likely N-dealkylation sites (tertiary alicyclic amines) is 1. The third-order valence-corrected chi connectivity index (χ3v) is 4.36. The molecular weight excluding hydrogens is 344 g/mol. The van der Waals surface area contributed by atoms with Crippen LogP contribution in [0.5, 0.6) is 0 Å². The zero-order valence-electron chi connectivity index (χ0n) is 13.8. The second-order valence-electron chi connectivity index (χ2n) is 6.96. The summed E-state index contributed by atoms with van der Waals surface area (Å²) in [6.07, 6.45) is 0.638. The third kappa shape index (κ3) is 5.29. The highest BCUT2D eigenvalue weighted by atomic mass is 79.9. The number of halogens is 1. The van der Waals surface area contributed by atoms with Gasteiger partial charge in [0.05, 0.1) is 0 Å². The number of benzene rings is 1. The molecule has 0 aromatic heterocycles. The topological polar surface area (TPSA) is 41.6 Å². The van der Waals surface area contributed by atoms with E-state index in [1.807, 2.05) is 20.8 Å². The molecule has 1 saturated heterocycles. The number of nitrogens with zero attached hydrogens (tertiary/aromatic N) is 1. The molecule has 1 aliphatic rings. The molecule has 122 valence electrons. The molecule has 1 aromatic rings. The van der Waals surface area contributed by atoms with E-state index in [4.69, 9.17) is 4.74 Å². The number of alkyl carbamates (subject to hydrolysis) is 1. The van der Waals surface area contributed by atoms with Crippen molar-refractivity contribution >= 4 is 22.0 Å². The highest BCUT2D eigenvalue weighted by molar-refractivity contribution is 9.10. The lowest BCUT2D eigenvalue weighted by Crippen LogP contribution is -2.40. The van der Waals surface area contributed by atoms with Gasteiger partial charge in [-0.3, -0.25) is 4.90 Å². The van der Waals surface area contributed by atoms with E-state index in [2.05, 4.69) is 51.3 Å². The van der Waals surface area contributed by atoms with Crippen molar-refractivity contribution in [2.75, 3.05) is 13.1 Å². The molecule has 1 heterocycles. The number of ether oxygens (including phenoxy) is 1. The molecule has 0 spiro atoms. The van der Waals surface area contributed by atoms with E-state index in [9.17, 15) is 4.79 Å². The van der Waals surface area contributed by atoms with E-state index >= 15 is 0 Å². The van der Waals surface area contributed by atoms with Gasteiger partial charge in [0.2, 0.25) is 0 Å². The van der Waals surface area contributed by atoms with Crippen molar-refractivity contribution in [3.05, 3.63) is 33.8 Å². The van der Waals surface area contributed by atoms with Crippen molar-refractivity contribution < 1.29 is 9.53 Å². The Balaban J connectivity index is 1.85. The molecule has 1 atom stereocenters. The van der Waals surface area contributed by atoms with Gasteiger partial charge in [0.25, 0.3) is 0 Å². The highest BCUT2D eigenvalue weighted by Gasteiger charge is 2.26. The second-order valence-corrected chi connectivity index (χ2v) is 7.82. The molecule has 1 fully saturated rings. The van der Waals surface area contributed by atoms with Crippen LogP contribution >= 0.6 is 15.9 Å². The Labute approximate surface area is 141 Å². The third-order valence-electron chi connectivity index (χ3n) is 3.59.